The van der Waals surface area contributed by atoms with Crippen molar-refractivity contribution in [1.82, 2.24) is 30.4 Å². The zero-order valence-corrected chi connectivity index (χ0v) is 19.6. The lowest BCUT2D eigenvalue weighted by molar-refractivity contribution is 0.135. The van der Waals surface area contributed by atoms with Crippen molar-refractivity contribution in [3.63, 3.8) is 0 Å². The highest BCUT2D eigenvalue weighted by Gasteiger charge is 2.37. The van der Waals surface area contributed by atoms with Gasteiger partial charge >= 0.3 is 6.03 Å². The maximum absolute atomic E-state index is 15.1. The molecule has 4 aromatic rings. The standard InChI is InChI=1S/C23H21ClFN7O3/c1-3-13-5-11-7-20(33)28-29-21(11)19(4-2)32(13)23(34)27-17-9-15(24)14(8-16(17)25)12-6-18-22(26-10-12)31-35-30-18/h6-10,13,19H,3-5H2,1-2H3,(H,27,34)(H,28,33). The first-order chi connectivity index (χ1) is 16.9. The summed E-state index contributed by atoms with van der Waals surface area (Å²) in [4.78, 5) is 30.9. The highest BCUT2D eigenvalue weighted by Crippen LogP contribution is 2.36. The Labute approximate surface area is 203 Å². The molecule has 12 heteroatoms. The minimum atomic E-state index is -0.655. The second kappa shape index (κ2) is 9.06. The number of urea groups is 1. The lowest BCUT2D eigenvalue weighted by Gasteiger charge is -2.41. The van der Waals surface area contributed by atoms with Crippen LogP contribution in [0.5, 0.6) is 0 Å². The predicted octanol–water partition coefficient (Wildman–Crippen LogP) is 4.48. The van der Waals surface area contributed by atoms with E-state index in [1.54, 1.807) is 11.0 Å². The van der Waals surface area contributed by atoms with Gasteiger partial charge in [-0.05, 0) is 53.3 Å². The quantitative estimate of drug-likeness (QED) is 0.425. The molecule has 5 rings (SSSR count). The molecule has 2 unspecified atom stereocenters. The number of hydrogen-bond acceptors (Lipinski definition) is 7. The van der Waals surface area contributed by atoms with Crippen LogP contribution in [0.25, 0.3) is 22.3 Å². The van der Waals surface area contributed by atoms with Crippen LogP contribution in [0.2, 0.25) is 5.02 Å². The Kier molecular flexibility index (Phi) is 5.93. The SMILES string of the molecule is CCC1Cc2cc(=O)[nH]nc2C(CC)N1C(=O)Nc1cc(Cl)c(-c2cnc3nonc3c2)cc1F. The number of halogens is 2. The monoisotopic (exact) mass is 497 g/mol. The van der Waals surface area contributed by atoms with Crippen molar-refractivity contribution >= 4 is 34.5 Å². The molecule has 1 aliphatic rings. The molecule has 1 aliphatic heterocycles. The first-order valence-electron chi connectivity index (χ1n) is 11.1. The van der Waals surface area contributed by atoms with Gasteiger partial charge in [0.05, 0.1) is 22.4 Å². The van der Waals surface area contributed by atoms with Gasteiger partial charge in [0, 0.05) is 29.4 Å². The Bertz CT molecular complexity index is 1490. The summed E-state index contributed by atoms with van der Waals surface area (Å²) >= 11 is 6.46. The number of nitrogens with one attached hydrogen (secondary N) is 2. The number of aromatic nitrogens is 5. The van der Waals surface area contributed by atoms with Crippen molar-refractivity contribution in [2.75, 3.05) is 5.32 Å². The molecule has 0 aliphatic carbocycles. The summed E-state index contributed by atoms with van der Waals surface area (Å²) in [6, 6.07) is 4.75. The van der Waals surface area contributed by atoms with E-state index in [9.17, 15) is 9.59 Å². The van der Waals surface area contributed by atoms with Crippen LogP contribution in [0.15, 0.2) is 39.9 Å². The molecule has 10 nitrogen and oxygen atoms in total. The van der Waals surface area contributed by atoms with E-state index in [4.69, 9.17) is 11.6 Å². The molecule has 35 heavy (non-hydrogen) atoms. The van der Waals surface area contributed by atoms with Gasteiger partial charge in [-0.25, -0.2) is 23.9 Å². The molecule has 4 heterocycles. The predicted molar refractivity (Wildman–Crippen MR) is 127 cm³/mol. The van der Waals surface area contributed by atoms with Gasteiger partial charge in [-0.1, -0.05) is 25.4 Å². The molecule has 1 aromatic carbocycles. The fourth-order valence-electron chi connectivity index (χ4n) is 4.56. The topological polar surface area (TPSA) is 130 Å². The summed E-state index contributed by atoms with van der Waals surface area (Å²) in [6.45, 7) is 3.89. The number of fused-ring (bicyclic) bond motifs is 2. The summed E-state index contributed by atoms with van der Waals surface area (Å²) in [5.74, 6) is -0.655. The van der Waals surface area contributed by atoms with Crippen molar-refractivity contribution in [1.29, 1.82) is 0 Å². The van der Waals surface area contributed by atoms with Crippen molar-refractivity contribution in [2.45, 2.75) is 45.2 Å². The molecule has 0 fully saturated rings. The smallest absolute Gasteiger partial charge is 0.313 e. The Hall–Kier alpha value is -3.86. The van der Waals surface area contributed by atoms with Crippen molar-refractivity contribution in [3.8, 4) is 11.1 Å². The Morgan fingerprint density at radius 3 is 2.86 bits per heavy atom. The Morgan fingerprint density at radius 2 is 2.09 bits per heavy atom. The van der Waals surface area contributed by atoms with Gasteiger partial charge in [0.1, 0.15) is 5.82 Å². The molecule has 180 valence electrons. The zero-order valence-electron chi connectivity index (χ0n) is 18.9. The first kappa shape index (κ1) is 22.9. The van der Waals surface area contributed by atoms with E-state index in [0.717, 1.165) is 5.56 Å². The van der Waals surface area contributed by atoms with Gasteiger partial charge in [0.2, 0.25) is 5.65 Å². The highest BCUT2D eigenvalue weighted by molar-refractivity contribution is 6.33. The Balaban J connectivity index is 1.45. The second-order valence-electron chi connectivity index (χ2n) is 8.31. The number of rotatable bonds is 4. The fourth-order valence-corrected chi connectivity index (χ4v) is 4.83. The third-order valence-corrected chi connectivity index (χ3v) is 6.55. The normalized spacial score (nSPS) is 17.4. The summed E-state index contributed by atoms with van der Waals surface area (Å²) in [5.41, 5.74) is 2.79. The van der Waals surface area contributed by atoms with Crippen molar-refractivity contribution in [3.05, 3.63) is 62.9 Å². The minimum absolute atomic E-state index is 0.0502. The van der Waals surface area contributed by atoms with E-state index in [2.05, 4.69) is 35.4 Å². The number of hydrogen-bond donors (Lipinski definition) is 2. The number of pyridine rings is 1. The largest absolute Gasteiger partial charge is 0.322 e. The second-order valence-corrected chi connectivity index (χ2v) is 8.72. The highest BCUT2D eigenvalue weighted by atomic mass is 35.5. The van der Waals surface area contributed by atoms with Crippen LogP contribution >= 0.6 is 11.6 Å². The average Bonchev–Trinajstić information content (AvgIpc) is 3.32. The third-order valence-electron chi connectivity index (χ3n) is 6.24. The lowest BCUT2D eigenvalue weighted by Crippen LogP contribution is -2.49. The molecule has 0 spiro atoms. The summed E-state index contributed by atoms with van der Waals surface area (Å²) in [5, 5.41) is 16.9. The molecule has 0 saturated heterocycles. The van der Waals surface area contributed by atoms with Gasteiger partial charge in [-0.2, -0.15) is 5.10 Å². The van der Waals surface area contributed by atoms with E-state index < -0.39 is 11.8 Å². The summed E-state index contributed by atoms with van der Waals surface area (Å²) in [7, 11) is 0. The van der Waals surface area contributed by atoms with Gasteiger partial charge in [0.25, 0.3) is 5.56 Å². The average molecular weight is 498 g/mol. The van der Waals surface area contributed by atoms with E-state index >= 15 is 4.39 Å². The van der Waals surface area contributed by atoms with Gasteiger partial charge in [-0.3, -0.25) is 4.79 Å². The number of H-pyrrole nitrogens is 1. The van der Waals surface area contributed by atoms with E-state index in [1.807, 2.05) is 13.8 Å². The van der Waals surface area contributed by atoms with Crippen molar-refractivity contribution in [2.24, 2.45) is 0 Å². The maximum atomic E-state index is 15.1. The number of carbonyl (C=O) groups is 1. The van der Waals surface area contributed by atoms with Gasteiger partial charge < -0.3 is 10.2 Å². The van der Waals surface area contributed by atoms with Crippen LogP contribution in [0.4, 0.5) is 14.9 Å². The number of amides is 2. The van der Waals surface area contributed by atoms with Gasteiger partial charge in [0.15, 0.2) is 5.52 Å². The zero-order chi connectivity index (χ0) is 24.7. The lowest BCUT2D eigenvalue weighted by atomic mass is 9.90. The van der Waals surface area contributed by atoms with E-state index in [-0.39, 0.29) is 28.4 Å². The third kappa shape index (κ3) is 4.12. The molecule has 0 bridgehead atoms. The first-order valence-corrected chi connectivity index (χ1v) is 11.5. The van der Waals surface area contributed by atoms with Crippen LogP contribution in [0.1, 0.15) is 44.0 Å². The molecule has 0 radical (unpaired) electrons. The number of carbonyl (C=O) groups excluding carboxylic acids is 1. The molecular weight excluding hydrogens is 477 g/mol. The molecule has 2 atom stereocenters. The van der Waals surface area contributed by atoms with E-state index in [0.29, 0.717) is 47.2 Å². The summed E-state index contributed by atoms with van der Waals surface area (Å²) < 4.78 is 19.8. The maximum Gasteiger partial charge on any atom is 0.322 e. The summed E-state index contributed by atoms with van der Waals surface area (Å²) in [6.07, 6.45) is 3.21. The number of nitrogens with zero attached hydrogens (tertiary/aromatic N) is 5. The van der Waals surface area contributed by atoms with Gasteiger partial charge in [-0.15, -0.1) is 0 Å². The molecule has 2 N–H and O–H groups in total. The van der Waals surface area contributed by atoms with Crippen LogP contribution in [0.3, 0.4) is 0 Å². The number of benzene rings is 1. The number of anilines is 1. The Morgan fingerprint density at radius 1 is 1.26 bits per heavy atom. The molecule has 2 amide bonds. The number of aromatic amines is 1. The molecule has 0 saturated carbocycles. The minimum Gasteiger partial charge on any atom is -0.313 e. The van der Waals surface area contributed by atoms with Crippen LogP contribution in [-0.4, -0.2) is 42.5 Å². The van der Waals surface area contributed by atoms with Crippen LogP contribution in [0, 0.1) is 5.82 Å². The molecular formula is C23H21ClFN7O3. The van der Waals surface area contributed by atoms with Crippen molar-refractivity contribution < 1.29 is 13.8 Å². The molecule has 3 aromatic heterocycles. The van der Waals surface area contributed by atoms with Crippen LogP contribution in [-0.2, 0) is 6.42 Å². The fraction of sp³-hybridized carbons (Fsp3) is 0.304. The van der Waals surface area contributed by atoms with Crippen LogP contribution < -0.4 is 10.9 Å². The van der Waals surface area contributed by atoms with E-state index in [1.165, 1.54) is 24.4 Å².